The number of unbranched alkanes of at least 4 members (excludes halogenated alkanes) is 1. The number of hydrogen-bond donors (Lipinski definition) is 2. The molecular formula is C10H19N3O. The van der Waals surface area contributed by atoms with Crippen LogP contribution in [0.5, 0.6) is 0 Å². The lowest BCUT2D eigenvalue weighted by Crippen LogP contribution is -2.17. The van der Waals surface area contributed by atoms with Crippen molar-refractivity contribution in [3.8, 4) is 0 Å². The number of aromatic nitrogens is 2. The fourth-order valence-corrected chi connectivity index (χ4v) is 1.41. The van der Waals surface area contributed by atoms with Gasteiger partial charge in [-0.25, -0.2) is 0 Å². The Kier molecular flexibility index (Phi) is 4.62. The Labute approximate surface area is 84.9 Å². The molecule has 1 heterocycles. The molecule has 0 bridgehead atoms. The first kappa shape index (κ1) is 11.2. The maximum absolute atomic E-state index is 8.59. The van der Waals surface area contributed by atoms with Crippen molar-refractivity contribution in [3.05, 3.63) is 17.5 Å². The Morgan fingerprint density at radius 2 is 2.29 bits per heavy atom. The lowest BCUT2D eigenvalue weighted by molar-refractivity contribution is 0.283. The molecule has 0 aliphatic heterocycles. The van der Waals surface area contributed by atoms with Crippen LogP contribution >= 0.6 is 0 Å². The molecule has 0 saturated carbocycles. The second-order valence-electron chi connectivity index (χ2n) is 3.51. The smallest absolute Gasteiger partial charge is 0.0597 e. The highest BCUT2D eigenvalue weighted by Gasteiger charge is 2.00. The van der Waals surface area contributed by atoms with Gasteiger partial charge < -0.3 is 10.4 Å². The highest BCUT2D eigenvalue weighted by Crippen LogP contribution is 2.00. The molecule has 0 saturated heterocycles. The number of hydrogen-bond acceptors (Lipinski definition) is 3. The Hall–Kier alpha value is -0.870. The van der Waals surface area contributed by atoms with Crippen LogP contribution in [0.2, 0.25) is 0 Å². The van der Waals surface area contributed by atoms with E-state index in [-0.39, 0.29) is 6.61 Å². The molecule has 1 rings (SSSR count). The van der Waals surface area contributed by atoms with Crippen LogP contribution in [0.15, 0.2) is 6.07 Å². The third-order valence-electron chi connectivity index (χ3n) is 2.17. The summed E-state index contributed by atoms with van der Waals surface area (Å²) in [5.41, 5.74) is 2.26. The number of nitrogens with zero attached hydrogens (tertiary/aromatic N) is 2. The molecule has 4 nitrogen and oxygen atoms in total. The molecule has 0 unspecified atom stereocenters. The van der Waals surface area contributed by atoms with Crippen LogP contribution in [0.3, 0.4) is 0 Å². The third kappa shape index (κ3) is 3.47. The zero-order chi connectivity index (χ0) is 10.4. The lowest BCUT2D eigenvalue weighted by Gasteiger charge is -2.03. The maximum atomic E-state index is 8.59. The summed E-state index contributed by atoms with van der Waals surface area (Å²) in [4.78, 5) is 0. The van der Waals surface area contributed by atoms with Crippen LogP contribution in [0, 0.1) is 6.92 Å². The first-order chi connectivity index (χ1) is 6.74. The average molecular weight is 197 g/mol. The normalized spacial score (nSPS) is 10.8. The van der Waals surface area contributed by atoms with Crippen LogP contribution in [0.1, 0.15) is 24.2 Å². The molecular weight excluding hydrogens is 178 g/mol. The van der Waals surface area contributed by atoms with Crippen LogP contribution in [0.4, 0.5) is 0 Å². The predicted molar refractivity (Wildman–Crippen MR) is 56.0 cm³/mol. The van der Waals surface area contributed by atoms with Gasteiger partial charge in [0.2, 0.25) is 0 Å². The van der Waals surface area contributed by atoms with E-state index in [0.29, 0.717) is 0 Å². The van der Waals surface area contributed by atoms with Gasteiger partial charge in [0, 0.05) is 20.2 Å². The van der Waals surface area contributed by atoms with Gasteiger partial charge in [-0.1, -0.05) is 0 Å². The molecule has 1 aromatic heterocycles. The zero-order valence-corrected chi connectivity index (χ0v) is 8.95. The minimum Gasteiger partial charge on any atom is -0.396 e. The molecule has 0 fully saturated rings. The largest absolute Gasteiger partial charge is 0.396 e. The van der Waals surface area contributed by atoms with Crippen LogP contribution in [-0.2, 0) is 13.6 Å². The van der Waals surface area contributed by atoms with Gasteiger partial charge in [0.15, 0.2) is 0 Å². The number of aryl methyl sites for hydroxylation is 2. The summed E-state index contributed by atoms with van der Waals surface area (Å²) in [5.74, 6) is 0. The van der Waals surface area contributed by atoms with Gasteiger partial charge >= 0.3 is 0 Å². The number of nitrogens with one attached hydrogen (secondary N) is 1. The van der Waals surface area contributed by atoms with E-state index in [1.54, 1.807) is 0 Å². The minimum absolute atomic E-state index is 0.284. The number of aliphatic hydroxyl groups excluding tert-OH is 1. The van der Waals surface area contributed by atoms with Crippen molar-refractivity contribution >= 4 is 0 Å². The van der Waals surface area contributed by atoms with Crippen molar-refractivity contribution in [2.45, 2.75) is 26.3 Å². The summed E-state index contributed by atoms with van der Waals surface area (Å²) < 4.78 is 1.90. The molecule has 0 amide bonds. The van der Waals surface area contributed by atoms with Crippen LogP contribution in [-0.4, -0.2) is 28.0 Å². The molecule has 0 aliphatic rings. The first-order valence-corrected chi connectivity index (χ1v) is 5.05. The van der Waals surface area contributed by atoms with E-state index in [4.69, 9.17) is 5.11 Å². The molecule has 2 N–H and O–H groups in total. The standard InChI is InChI=1S/C10H19N3O/c1-9-7-10(13(2)12-9)8-11-5-3-4-6-14/h7,11,14H,3-6,8H2,1-2H3. The Morgan fingerprint density at radius 1 is 1.50 bits per heavy atom. The van der Waals surface area contributed by atoms with Crippen molar-refractivity contribution in [2.75, 3.05) is 13.2 Å². The first-order valence-electron chi connectivity index (χ1n) is 5.05. The Balaban J connectivity index is 2.21. The van der Waals surface area contributed by atoms with Gasteiger partial charge in [-0.2, -0.15) is 5.10 Å². The average Bonchev–Trinajstić information content (AvgIpc) is 2.45. The summed E-state index contributed by atoms with van der Waals surface area (Å²) in [5, 5.41) is 16.2. The van der Waals surface area contributed by atoms with E-state index < -0.39 is 0 Å². The van der Waals surface area contributed by atoms with Gasteiger partial charge in [0.25, 0.3) is 0 Å². The predicted octanol–water partition coefficient (Wildman–Crippen LogP) is 0.591. The summed E-state index contributed by atoms with van der Waals surface area (Å²) >= 11 is 0. The molecule has 80 valence electrons. The molecule has 0 radical (unpaired) electrons. The molecule has 1 aromatic rings. The maximum Gasteiger partial charge on any atom is 0.0597 e. The number of aliphatic hydroxyl groups is 1. The van der Waals surface area contributed by atoms with Crippen LogP contribution in [0.25, 0.3) is 0 Å². The van der Waals surface area contributed by atoms with E-state index in [2.05, 4.69) is 16.5 Å². The Bertz CT molecular complexity index is 270. The van der Waals surface area contributed by atoms with Gasteiger partial charge in [0.05, 0.1) is 11.4 Å². The summed E-state index contributed by atoms with van der Waals surface area (Å²) in [6.45, 7) is 4.08. The van der Waals surface area contributed by atoms with Crippen molar-refractivity contribution in [2.24, 2.45) is 7.05 Å². The van der Waals surface area contributed by atoms with E-state index in [1.807, 2.05) is 18.7 Å². The van der Waals surface area contributed by atoms with E-state index in [1.165, 1.54) is 5.69 Å². The quantitative estimate of drug-likeness (QED) is 0.656. The van der Waals surface area contributed by atoms with Gasteiger partial charge in [0.1, 0.15) is 0 Å². The van der Waals surface area contributed by atoms with Crippen molar-refractivity contribution in [1.29, 1.82) is 0 Å². The highest BCUT2D eigenvalue weighted by molar-refractivity contribution is 5.07. The molecule has 4 heteroatoms. The van der Waals surface area contributed by atoms with Crippen molar-refractivity contribution in [3.63, 3.8) is 0 Å². The molecule has 0 aliphatic carbocycles. The van der Waals surface area contributed by atoms with Crippen LogP contribution < -0.4 is 5.32 Å². The second kappa shape index (κ2) is 5.78. The summed E-state index contributed by atoms with van der Waals surface area (Å²) in [7, 11) is 1.96. The lowest BCUT2D eigenvalue weighted by atomic mass is 10.3. The van der Waals surface area contributed by atoms with E-state index in [9.17, 15) is 0 Å². The van der Waals surface area contributed by atoms with Crippen molar-refractivity contribution in [1.82, 2.24) is 15.1 Å². The summed E-state index contributed by atoms with van der Waals surface area (Å²) in [6.07, 6.45) is 1.89. The fourth-order valence-electron chi connectivity index (χ4n) is 1.41. The van der Waals surface area contributed by atoms with Gasteiger partial charge in [-0.05, 0) is 32.4 Å². The van der Waals surface area contributed by atoms with E-state index >= 15 is 0 Å². The zero-order valence-electron chi connectivity index (χ0n) is 8.95. The SMILES string of the molecule is Cc1cc(CNCCCCO)n(C)n1. The monoisotopic (exact) mass is 197 g/mol. The van der Waals surface area contributed by atoms with E-state index in [0.717, 1.165) is 31.6 Å². The molecule has 14 heavy (non-hydrogen) atoms. The Morgan fingerprint density at radius 3 is 2.86 bits per heavy atom. The topological polar surface area (TPSA) is 50.1 Å². The molecule has 0 aromatic carbocycles. The van der Waals surface area contributed by atoms with Gasteiger partial charge in [-0.3, -0.25) is 4.68 Å². The van der Waals surface area contributed by atoms with Gasteiger partial charge in [-0.15, -0.1) is 0 Å². The minimum atomic E-state index is 0.284. The molecule has 0 atom stereocenters. The summed E-state index contributed by atoms with van der Waals surface area (Å²) in [6, 6.07) is 2.08. The second-order valence-corrected chi connectivity index (χ2v) is 3.51. The third-order valence-corrected chi connectivity index (χ3v) is 2.17. The highest BCUT2D eigenvalue weighted by atomic mass is 16.2. The number of rotatable bonds is 6. The fraction of sp³-hybridized carbons (Fsp3) is 0.700. The molecule has 0 spiro atoms. The van der Waals surface area contributed by atoms with Crippen molar-refractivity contribution < 1.29 is 5.11 Å².